The molecule has 3 unspecified atom stereocenters. The topological polar surface area (TPSA) is 101 Å². The fraction of sp³-hybridized carbons (Fsp3) is 0.348. The Morgan fingerprint density at radius 1 is 0.618 bits per heavy atom. The van der Waals surface area contributed by atoms with E-state index in [-0.39, 0.29) is 23.9 Å². The van der Waals surface area contributed by atoms with Crippen molar-refractivity contribution in [1.82, 2.24) is 19.3 Å². The van der Waals surface area contributed by atoms with Crippen molar-refractivity contribution in [2.24, 2.45) is 0 Å². The summed E-state index contributed by atoms with van der Waals surface area (Å²) in [6.07, 6.45) is 3.77. The van der Waals surface area contributed by atoms with Crippen molar-refractivity contribution in [1.29, 1.82) is 0 Å². The van der Waals surface area contributed by atoms with Crippen molar-refractivity contribution < 1.29 is 15.0 Å². The van der Waals surface area contributed by atoms with Crippen molar-refractivity contribution in [2.45, 2.75) is 63.4 Å². The Kier molecular flexibility index (Phi) is 11.2. The number of hydrogen-bond donors (Lipinski definition) is 3. The molecule has 0 saturated carbocycles. The molecule has 4 heterocycles. The molecule has 1 amide bonds. The number of piperidine rings is 1. The molecule has 5 aromatic rings. The van der Waals surface area contributed by atoms with Gasteiger partial charge in [-0.15, -0.1) is 0 Å². The number of hydrogen-bond acceptors (Lipinski definition) is 7. The Labute approximate surface area is 323 Å². The smallest absolute Gasteiger partial charge is 0.252 e. The zero-order valence-electron chi connectivity index (χ0n) is 31.4. The van der Waals surface area contributed by atoms with Crippen LogP contribution in [0.4, 0.5) is 11.4 Å². The molecule has 8 rings (SSSR count). The summed E-state index contributed by atoms with van der Waals surface area (Å²) >= 11 is 0. The molecule has 9 nitrogen and oxygen atoms in total. The number of aliphatic hydroxyl groups excluding tert-OH is 2. The molecule has 3 aliphatic heterocycles. The summed E-state index contributed by atoms with van der Waals surface area (Å²) in [7, 11) is 0. The number of β-amino-alcohol motifs (C(OH)–C–C–N with tert-alkyl or cyclic N) is 2. The summed E-state index contributed by atoms with van der Waals surface area (Å²) in [5, 5.41) is 25.2. The van der Waals surface area contributed by atoms with Crippen LogP contribution in [0.25, 0.3) is 11.1 Å². The van der Waals surface area contributed by atoms with E-state index in [1.54, 1.807) is 16.8 Å². The number of fused-ring (bicyclic) bond motifs is 2. The lowest BCUT2D eigenvalue weighted by molar-refractivity contribution is -0.135. The fourth-order valence-electron chi connectivity index (χ4n) is 8.62. The van der Waals surface area contributed by atoms with E-state index in [2.05, 4.69) is 100 Å². The number of nitrogens with one attached hydrogen (secondary N) is 1. The van der Waals surface area contributed by atoms with Crippen molar-refractivity contribution in [3.8, 4) is 11.1 Å². The third kappa shape index (κ3) is 9.09. The van der Waals surface area contributed by atoms with Crippen LogP contribution in [0.15, 0.2) is 120 Å². The number of pyridine rings is 1. The van der Waals surface area contributed by atoms with Gasteiger partial charge < -0.3 is 25.0 Å². The summed E-state index contributed by atoms with van der Waals surface area (Å²) in [6, 6.07) is 37.0. The molecule has 1 saturated heterocycles. The van der Waals surface area contributed by atoms with Crippen LogP contribution in [0.3, 0.4) is 0 Å². The van der Waals surface area contributed by atoms with E-state index in [0.717, 1.165) is 67.8 Å². The van der Waals surface area contributed by atoms with Gasteiger partial charge in [-0.25, -0.2) is 0 Å². The normalized spacial score (nSPS) is 18.7. The van der Waals surface area contributed by atoms with Crippen molar-refractivity contribution in [2.75, 3.05) is 44.6 Å². The highest BCUT2D eigenvalue weighted by Crippen LogP contribution is 2.33. The lowest BCUT2D eigenvalue weighted by atomic mass is 9.87. The van der Waals surface area contributed by atoms with Crippen LogP contribution >= 0.6 is 0 Å². The molecule has 3 N–H and O–H groups in total. The summed E-state index contributed by atoms with van der Waals surface area (Å²) < 4.78 is 1.57. The minimum Gasteiger partial charge on any atom is -0.390 e. The number of aliphatic hydroxyl groups is 2. The third-order valence-electron chi connectivity index (χ3n) is 11.6. The predicted molar refractivity (Wildman–Crippen MR) is 217 cm³/mol. The number of rotatable bonds is 12. The van der Waals surface area contributed by atoms with Gasteiger partial charge in [-0.3, -0.25) is 19.4 Å². The second-order valence-electron chi connectivity index (χ2n) is 15.6. The maximum Gasteiger partial charge on any atom is 0.252 e. The standard InChI is InChI=1S/C46H51N5O4/c52-43(29-48-19-15-33-7-1-3-9-39(33)27-48)31-50-21-17-38(25-45(50)54)36-12-5-11-35(23-36)37-13-6-14-41(24-37)47-42-18-22-51(46(55)26-42)32-44(53)30-49-20-16-34-8-2-4-10-40(34)28-49/h1-14,18,22-24,26,38,43-44,47,52-53H,15-17,19-21,25,27-32H2. The first kappa shape index (κ1) is 36.9. The van der Waals surface area contributed by atoms with Crippen LogP contribution < -0.4 is 10.9 Å². The van der Waals surface area contributed by atoms with Gasteiger partial charge in [0.1, 0.15) is 0 Å². The number of carbonyl (C=O) groups is 1. The van der Waals surface area contributed by atoms with Crippen LogP contribution in [0.1, 0.15) is 46.6 Å². The number of aromatic nitrogens is 1. The lowest BCUT2D eigenvalue weighted by Crippen LogP contribution is -2.46. The quantitative estimate of drug-likeness (QED) is 0.149. The van der Waals surface area contributed by atoms with Gasteiger partial charge in [-0.1, -0.05) is 84.9 Å². The van der Waals surface area contributed by atoms with Gasteiger partial charge in [-0.2, -0.15) is 0 Å². The fourth-order valence-corrected chi connectivity index (χ4v) is 8.62. The van der Waals surface area contributed by atoms with E-state index in [9.17, 15) is 19.8 Å². The molecule has 9 heteroatoms. The SMILES string of the molecule is O=C1CC(c2cccc(-c3cccc(Nc4ccn(CC(O)CN5CCc6ccccc6C5)c(=O)c4)c3)c2)CCN1CC(O)CN1CCc2ccccc2C1. The molecular formula is C46H51N5O4. The second-order valence-corrected chi connectivity index (χ2v) is 15.6. The van der Waals surface area contributed by atoms with Crippen LogP contribution in [0.2, 0.25) is 0 Å². The van der Waals surface area contributed by atoms with Crippen LogP contribution in [-0.4, -0.2) is 86.9 Å². The molecule has 0 aliphatic carbocycles. The summed E-state index contributed by atoms with van der Waals surface area (Å²) in [4.78, 5) is 32.8. The number of amides is 1. The molecule has 0 spiro atoms. The lowest BCUT2D eigenvalue weighted by Gasteiger charge is -2.35. The molecule has 0 bridgehead atoms. The molecule has 284 valence electrons. The van der Waals surface area contributed by atoms with Crippen molar-refractivity contribution >= 4 is 17.3 Å². The average molecular weight is 738 g/mol. The van der Waals surface area contributed by atoms with Gasteiger partial charge in [0.25, 0.3) is 5.56 Å². The molecule has 1 aromatic heterocycles. The first-order chi connectivity index (χ1) is 26.8. The third-order valence-corrected chi connectivity index (χ3v) is 11.6. The number of likely N-dealkylation sites (tertiary alicyclic amines) is 1. The van der Waals surface area contributed by atoms with Gasteiger partial charge in [0, 0.05) is 82.4 Å². The van der Waals surface area contributed by atoms with Gasteiger partial charge in [0.2, 0.25) is 5.91 Å². The van der Waals surface area contributed by atoms with Gasteiger partial charge in [-0.05, 0) is 82.3 Å². The zero-order valence-corrected chi connectivity index (χ0v) is 31.4. The van der Waals surface area contributed by atoms with Gasteiger partial charge in [0.15, 0.2) is 0 Å². The van der Waals surface area contributed by atoms with Gasteiger partial charge in [0.05, 0.1) is 18.8 Å². The van der Waals surface area contributed by atoms with Crippen molar-refractivity contribution in [3.63, 3.8) is 0 Å². The van der Waals surface area contributed by atoms with Crippen LogP contribution in [-0.2, 0) is 37.3 Å². The molecule has 3 atom stereocenters. The minimum atomic E-state index is -0.651. The first-order valence-corrected chi connectivity index (χ1v) is 19.7. The van der Waals surface area contributed by atoms with E-state index in [1.807, 2.05) is 23.1 Å². The van der Waals surface area contributed by atoms with E-state index >= 15 is 0 Å². The molecule has 4 aromatic carbocycles. The molecule has 55 heavy (non-hydrogen) atoms. The Balaban J connectivity index is 0.837. The van der Waals surface area contributed by atoms with E-state index in [4.69, 9.17) is 0 Å². The Hall–Kier alpha value is -5.06. The predicted octanol–water partition coefficient (Wildman–Crippen LogP) is 5.80. The highest BCUT2D eigenvalue weighted by atomic mass is 16.3. The minimum absolute atomic E-state index is 0.0977. The number of benzene rings is 4. The highest BCUT2D eigenvalue weighted by molar-refractivity contribution is 5.78. The average Bonchev–Trinajstić information content (AvgIpc) is 3.20. The first-order valence-electron chi connectivity index (χ1n) is 19.7. The Bertz CT molecular complexity index is 2180. The largest absolute Gasteiger partial charge is 0.390 e. The van der Waals surface area contributed by atoms with E-state index < -0.39 is 12.2 Å². The summed E-state index contributed by atoms with van der Waals surface area (Å²) in [5.74, 6) is 0.225. The van der Waals surface area contributed by atoms with Gasteiger partial charge >= 0.3 is 0 Å². The summed E-state index contributed by atoms with van der Waals surface area (Å²) in [6.45, 7) is 5.81. The number of nitrogens with zero attached hydrogens (tertiary/aromatic N) is 4. The monoisotopic (exact) mass is 737 g/mol. The molecule has 0 radical (unpaired) electrons. The number of carbonyl (C=O) groups excluding carboxylic acids is 1. The zero-order chi connectivity index (χ0) is 37.7. The maximum absolute atomic E-state index is 13.3. The van der Waals surface area contributed by atoms with E-state index in [1.165, 1.54) is 22.3 Å². The maximum atomic E-state index is 13.3. The van der Waals surface area contributed by atoms with Crippen LogP contribution in [0, 0.1) is 0 Å². The summed E-state index contributed by atoms with van der Waals surface area (Å²) in [5.41, 5.74) is 10.0. The van der Waals surface area contributed by atoms with Crippen LogP contribution in [0.5, 0.6) is 0 Å². The second kappa shape index (κ2) is 16.8. The van der Waals surface area contributed by atoms with E-state index in [0.29, 0.717) is 38.3 Å². The molecule has 1 fully saturated rings. The Morgan fingerprint density at radius 2 is 1.22 bits per heavy atom. The van der Waals surface area contributed by atoms with Crippen molar-refractivity contribution in [3.05, 3.63) is 154 Å². The number of anilines is 2. The molecule has 3 aliphatic rings. The molecular weight excluding hydrogens is 687 g/mol. The highest BCUT2D eigenvalue weighted by Gasteiger charge is 2.29. The Morgan fingerprint density at radius 3 is 1.87 bits per heavy atom.